The van der Waals surface area contributed by atoms with E-state index < -0.39 is 11.6 Å². The fourth-order valence-electron chi connectivity index (χ4n) is 4.48. The van der Waals surface area contributed by atoms with Crippen LogP contribution in [0.15, 0.2) is 72.8 Å². The van der Waals surface area contributed by atoms with Gasteiger partial charge in [0.25, 0.3) is 0 Å². The van der Waals surface area contributed by atoms with Crippen LogP contribution in [0.25, 0.3) is 0 Å². The molecule has 0 spiro atoms. The number of carboxylic acids is 1. The Morgan fingerprint density at radius 2 is 1.76 bits per heavy atom. The number of hydrogen-bond donors (Lipinski definition) is 1. The molecule has 5 nitrogen and oxygen atoms in total. The average molecular weight is 462 g/mol. The molecular formula is C28H28FNO4. The number of rotatable bonds is 9. The Balaban J connectivity index is 1.42. The number of aliphatic carboxylic acids is 1. The number of fused-ring (bicyclic) bond motifs is 1. The summed E-state index contributed by atoms with van der Waals surface area (Å²) in [6.07, 6.45) is 1.74. The number of ether oxygens (including phenoxy) is 1. The number of carbonyl (C=O) groups excluding carboxylic acids is 1. The molecular weight excluding hydrogens is 433 g/mol. The molecule has 1 amide bonds. The minimum Gasteiger partial charge on any atom is -0.487 e. The average Bonchev–Trinajstić information content (AvgIpc) is 3.13. The molecule has 1 N–H and O–H groups in total. The van der Waals surface area contributed by atoms with Crippen molar-refractivity contribution in [1.82, 2.24) is 4.90 Å². The summed E-state index contributed by atoms with van der Waals surface area (Å²) in [5, 5.41) is 9.28. The number of carboxylic acid groups (broad SMARTS) is 1. The van der Waals surface area contributed by atoms with Crippen molar-refractivity contribution in [2.24, 2.45) is 0 Å². The van der Waals surface area contributed by atoms with Crippen LogP contribution in [0.2, 0.25) is 0 Å². The van der Waals surface area contributed by atoms with Gasteiger partial charge in [-0.2, -0.15) is 0 Å². The highest BCUT2D eigenvalue weighted by Gasteiger charge is 2.35. The van der Waals surface area contributed by atoms with E-state index in [1.165, 1.54) is 11.0 Å². The Hall–Kier alpha value is -3.67. The van der Waals surface area contributed by atoms with Crippen LogP contribution in [0.3, 0.4) is 0 Å². The zero-order valence-electron chi connectivity index (χ0n) is 19.2. The van der Waals surface area contributed by atoms with Gasteiger partial charge >= 0.3 is 5.97 Å². The van der Waals surface area contributed by atoms with E-state index in [4.69, 9.17) is 4.74 Å². The number of carbonyl (C=O) groups is 2. The summed E-state index contributed by atoms with van der Waals surface area (Å²) in [7, 11) is 0. The molecule has 1 heterocycles. The second-order valence-electron chi connectivity index (χ2n) is 9.06. The maximum atomic E-state index is 14.1. The molecule has 1 aliphatic heterocycles. The van der Waals surface area contributed by atoms with Crippen molar-refractivity contribution >= 4 is 11.9 Å². The first-order chi connectivity index (χ1) is 16.3. The van der Waals surface area contributed by atoms with Gasteiger partial charge in [0.05, 0.1) is 6.42 Å². The lowest BCUT2D eigenvalue weighted by Crippen LogP contribution is -2.38. The third kappa shape index (κ3) is 5.81. The Bertz CT molecular complexity index is 1180. The summed E-state index contributed by atoms with van der Waals surface area (Å²) in [6.45, 7) is 1.97. The lowest BCUT2D eigenvalue weighted by Gasteiger charge is -2.24. The summed E-state index contributed by atoms with van der Waals surface area (Å²) in [4.78, 5) is 25.7. The minimum atomic E-state index is -1.03. The van der Waals surface area contributed by atoms with Gasteiger partial charge in [-0.3, -0.25) is 9.59 Å². The van der Waals surface area contributed by atoms with E-state index in [0.717, 1.165) is 22.4 Å². The van der Waals surface area contributed by atoms with Crippen LogP contribution in [0.5, 0.6) is 5.75 Å². The first-order valence-electron chi connectivity index (χ1n) is 11.4. The maximum absolute atomic E-state index is 14.1. The van der Waals surface area contributed by atoms with Crippen LogP contribution in [0.1, 0.15) is 29.2 Å². The predicted octanol–water partition coefficient (Wildman–Crippen LogP) is 4.46. The smallest absolute Gasteiger partial charge is 0.323 e. The number of benzene rings is 3. The molecule has 0 saturated carbocycles. The molecule has 3 aromatic carbocycles. The number of hydrogen-bond acceptors (Lipinski definition) is 3. The summed E-state index contributed by atoms with van der Waals surface area (Å²) in [5.41, 5.74) is 2.86. The third-order valence-corrected chi connectivity index (χ3v) is 6.12. The van der Waals surface area contributed by atoms with Gasteiger partial charge in [-0.05, 0) is 47.7 Å². The quantitative estimate of drug-likeness (QED) is 0.511. The molecule has 0 fully saturated rings. The van der Waals surface area contributed by atoms with E-state index in [1.54, 1.807) is 12.1 Å². The van der Waals surface area contributed by atoms with Gasteiger partial charge in [0.2, 0.25) is 5.91 Å². The van der Waals surface area contributed by atoms with Gasteiger partial charge in [0, 0.05) is 19.4 Å². The fraction of sp³-hybridized carbons (Fsp3) is 0.286. The third-order valence-electron chi connectivity index (χ3n) is 6.12. The largest absolute Gasteiger partial charge is 0.487 e. The van der Waals surface area contributed by atoms with Gasteiger partial charge in [-0.25, -0.2) is 4.39 Å². The van der Waals surface area contributed by atoms with Gasteiger partial charge < -0.3 is 14.7 Å². The molecule has 176 valence electrons. The fourth-order valence-corrected chi connectivity index (χ4v) is 4.48. The first kappa shape index (κ1) is 23.5. The van der Waals surface area contributed by atoms with Crippen molar-refractivity contribution < 1.29 is 23.8 Å². The summed E-state index contributed by atoms with van der Waals surface area (Å²) in [5.74, 6) is -0.774. The van der Waals surface area contributed by atoms with Crippen molar-refractivity contribution in [3.63, 3.8) is 0 Å². The first-order valence-corrected chi connectivity index (χ1v) is 11.4. The molecule has 0 bridgehead atoms. The van der Waals surface area contributed by atoms with Crippen molar-refractivity contribution in [3.05, 3.63) is 101 Å². The topological polar surface area (TPSA) is 66.8 Å². The minimum absolute atomic E-state index is 0.110. The maximum Gasteiger partial charge on any atom is 0.323 e. The summed E-state index contributed by atoms with van der Waals surface area (Å²) < 4.78 is 20.3. The van der Waals surface area contributed by atoms with Crippen LogP contribution in [-0.4, -0.2) is 40.6 Å². The van der Waals surface area contributed by atoms with Gasteiger partial charge in [-0.15, -0.1) is 0 Å². The molecule has 0 aliphatic carbocycles. The standard InChI is InChI=1S/C28H28FNO4/c1-28(17-22-9-5-6-10-24(22)29)18-23-15-21(11-12-25(23)34-28)16-26(31)30(19-27(32)33)14-13-20-7-3-2-4-8-20/h2-12,15H,13-14,16-19H2,1H3,(H,32,33)/t28-/m1/s1. The van der Waals surface area contributed by atoms with E-state index in [0.29, 0.717) is 31.4 Å². The Morgan fingerprint density at radius 1 is 1.03 bits per heavy atom. The van der Waals surface area contributed by atoms with Crippen molar-refractivity contribution in [3.8, 4) is 5.75 Å². The lowest BCUT2D eigenvalue weighted by molar-refractivity contribution is -0.144. The van der Waals surface area contributed by atoms with Crippen LogP contribution < -0.4 is 4.74 Å². The normalized spacial score (nSPS) is 16.5. The van der Waals surface area contributed by atoms with E-state index in [2.05, 4.69) is 0 Å². The summed E-state index contributed by atoms with van der Waals surface area (Å²) in [6, 6.07) is 22.0. The monoisotopic (exact) mass is 461 g/mol. The van der Waals surface area contributed by atoms with Crippen LogP contribution >= 0.6 is 0 Å². The molecule has 0 unspecified atom stereocenters. The molecule has 4 rings (SSSR count). The molecule has 6 heteroatoms. The highest BCUT2D eigenvalue weighted by atomic mass is 19.1. The molecule has 1 aliphatic rings. The van der Waals surface area contributed by atoms with Crippen molar-refractivity contribution in [2.45, 2.75) is 38.2 Å². The number of halogens is 1. The molecule has 3 aromatic rings. The second-order valence-corrected chi connectivity index (χ2v) is 9.06. The molecule has 1 atom stereocenters. The zero-order chi connectivity index (χ0) is 24.1. The van der Waals surface area contributed by atoms with E-state index >= 15 is 0 Å². The Kier molecular flexibility index (Phi) is 6.96. The molecule has 0 aromatic heterocycles. The van der Waals surface area contributed by atoms with E-state index in [9.17, 15) is 19.1 Å². The lowest BCUT2D eigenvalue weighted by atomic mass is 9.91. The number of nitrogens with zero attached hydrogens (tertiary/aromatic N) is 1. The van der Waals surface area contributed by atoms with Crippen LogP contribution in [0.4, 0.5) is 4.39 Å². The summed E-state index contributed by atoms with van der Waals surface area (Å²) >= 11 is 0. The van der Waals surface area contributed by atoms with Crippen molar-refractivity contribution in [2.75, 3.05) is 13.1 Å². The van der Waals surface area contributed by atoms with Gasteiger partial charge in [0.1, 0.15) is 23.7 Å². The van der Waals surface area contributed by atoms with E-state index in [-0.39, 0.29) is 24.7 Å². The zero-order valence-corrected chi connectivity index (χ0v) is 19.2. The predicted molar refractivity (Wildman–Crippen MR) is 127 cm³/mol. The van der Waals surface area contributed by atoms with Crippen LogP contribution in [-0.2, 0) is 35.3 Å². The van der Waals surface area contributed by atoms with E-state index in [1.807, 2.05) is 61.5 Å². The highest BCUT2D eigenvalue weighted by molar-refractivity contribution is 5.83. The second kappa shape index (κ2) is 10.1. The Morgan fingerprint density at radius 3 is 2.50 bits per heavy atom. The molecule has 34 heavy (non-hydrogen) atoms. The molecule has 0 radical (unpaired) electrons. The Labute approximate surface area is 198 Å². The van der Waals surface area contributed by atoms with Gasteiger partial charge in [0.15, 0.2) is 0 Å². The van der Waals surface area contributed by atoms with Gasteiger partial charge in [-0.1, -0.05) is 60.7 Å². The number of amides is 1. The van der Waals surface area contributed by atoms with Crippen molar-refractivity contribution in [1.29, 1.82) is 0 Å². The highest BCUT2D eigenvalue weighted by Crippen LogP contribution is 2.38. The molecule has 0 saturated heterocycles. The SMILES string of the molecule is C[C@@]1(Cc2ccccc2F)Cc2cc(CC(=O)N(CCc3ccccc3)CC(=O)O)ccc2O1. The van der Waals surface area contributed by atoms with Crippen LogP contribution in [0, 0.1) is 5.82 Å².